The van der Waals surface area contributed by atoms with Gasteiger partial charge in [0.25, 0.3) is 0 Å². The van der Waals surface area contributed by atoms with Crippen molar-refractivity contribution < 1.29 is 18.3 Å². The molecule has 0 aromatic carbocycles. The predicted molar refractivity (Wildman–Crippen MR) is 76.5 cm³/mol. The summed E-state index contributed by atoms with van der Waals surface area (Å²) in [6.45, 7) is 8.09. The monoisotopic (exact) mass is 302 g/mol. The van der Waals surface area contributed by atoms with Crippen LogP contribution in [-0.2, 0) is 10.0 Å². The number of hydrogen-bond donors (Lipinski definition) is 1. The van der Waals surface area contributed by atoms with Gasteiger partial charge in [0.05, 0.1) is 0 Å². The lowest BCUT2D eigenvalue weighted by Crippen LogP contribution is -2.31. The van der Waals surface area contributed by atoms with E-state index in [-0.39, 0.29) is 16.6 Å². The van der Waals surface area contributed by atoms with E-state index >= 15 is 0 Å². The number of rotatable bonds is 7. The first-order valence-corrected chi connectivity index (χ1v) is 8.15. The number of carboxylic acids is 1. The highest BCUT2D eigenvalue weighted by atomic mass is 32.2. The van der Waals surface area contributed by atoms with E-state index in [0.29, 0.717) is 19.5 Å². The van der Waals surface area contributed by atoms with Crippen LogP contribution >= 0.6 is 0 Å². The molecule has 0 fully saturated rings. The summed E-state index contributed by atoms with van der Waals surface area (Å²) in [7, 11) is -3.63. The fraction of sp³-hybridized carbons (Fsp3) is 0.615. The number of nitrogens with zero attached hydrogens (tertiary/aromatic N) is 2. The van der Waals surface area contributed by atoms with Crippen molar-refractivity contribution in [3.8, 4) is 0 Å². The summed E-state index contributed by atoms with van der Waals surface area (Å²) in [5.74, 6) is -1.13. The maximum Gasteiger partial charge on any atom is 0.352 e. The third-order valence-electron chi connectivity index (χ3n) is 3.06. The number of carbonyl (C=O) groups is 1. The van der Waals surface area contributed by atoms with E-state index in [1.165, 1.54) is 21.1 Å². The molecule has 0 aliphatic carbocycles. The molecule has 1 aromatic heterocycles. The summed E-state index contributed by atoms with van der Waals surface area (Å²) in [5.41, 5.74) is -0.00822. The molecule has 1 aromatic rings. The second-order valence-corrected chi connectivity index (χ2v) is 6.80. The summed E-state index contributed by atoms with van der Waals surface area (Å²) in [6, 6.07) is 1.11. The van der Waals surface area contributed by atoms with Gasteiger partial charge >= 0.3 is 5.97 Å². The molecular weight excluding hydrogens is 280 g/mol. The van der Waals surface area contributed by atoms with Gasteiger partial charge in [0.1, 0.15) is 10.6 Å². The van der Waals surface area contributed by atoms with Crippen molar-refractivity contribution in [2.24, 2.45) is 0 Å². The number of aromatic carboxylic acids is 1. The van der Waals surface area contributed by atoms with Crippen LogP contribution < -0.4 is 0 Å². The average Bonchev–Trinajstić information content (AvgIpc) is 2.81. The van der Waals surface area contributed by atoms with Gasteiger partial charge in [-0.2, -0.15) is 4.31 Å². The second-order valence-electron chi connectivity index (χ2n) is 4.86. The molecule has 0 saturated heterocycles. The van der Waals surface area contributed by atoms with Gasteiger partial charge in [0.2, 0.25) is 10.0 Å². The zero-order chi connectivity index (χ0) is 15.5. The number of sulfonamides is 1. The number of hydrogen-bond acceptors (Lipinski definition) is 3. The van der Waals surface area contributed by atoms with E-state index in [1.54, 1.807) is 6.92 Å². The van der Waals surface area contributed by atoms with Gasteiger partial charge in [-0.3, -0.25) is 0 Å². The molecule has 20 heavy (non-hydrogen) atoms. The van der Waals surface area contributed by atoms with E-state index in [4.69, 9.17) is 5.11 Å². The first kappa shape index (κ1) is 16.7. The average molecular weight is 302 g/mol. The highest BCUT2D eigenvalue weighted by Gasteiger charge is 2.26. The smallest absolute Gasteiger partial charge is 0.352 e. The lowest BCUT2D eigenvalue weighted by Gasteiger charge is -2.18. The van der Waals surface area contributed by atoms with Crippen molar-refractivity contribution in [2.75, 3.05) is 13.1 Å². The Hall–Kier alpha value is -1.34. The van der Waals surface area contributed by atoms with Crippen LogP contribution in [0.1, 0.15) is 50.6 Å². The largest absolute Gasteiger partial charge is 0.477 e. The highest BCUT2D eigenvalue weighted by Crippen LogP contribution is 2.22. The van der Waals surface area contributed by atoms with E-state index in [1.807, 2.05) is 20.8 Å². The van der Waals surface area contributed by atoms with E-state index in [2.05, 4.69) is 0 Å². The Morgan fingerprint density at radius 1 is 1.40 bits per heavy atom. The molecule has 7 heteroatoms. The fourth-order valence-corrected chi connectivity index (χ4v) is 3.61. The Bertz CT molecular complexity index is 575. The Kier molecular flexibility index (Phi) is 5.35. The Labute approximate surface area is 120 Å². The maximum absolute atomic E-state index is 12.5. The van der Waals surface area contributed by atoms with Gasteiger partial charge in [-0.25, -0.2) is 13.2 Å². The van der Waals surface area contributed by atoms with Crippen LogP contribution in [0.25, 0.3) is 0 Å². The van der Waals surface area contributed by atoms with E-state index in [9.17, 15) is 13.2 Å². The van der Waals surface area contributed by atoms with Crippen LogP contribution in [0.3, 0.4) is 0 Å². The number of carboxylic acid groups (broad SMARTS) is 1. The molecule has 0 radical (unpaired) electrons. The fourth-order valence-electron chi connectivity index (χ4n) is 2.04. The molecule has 0 amide bonds. The van der Waals surface area contributed by atoms with Gasteiger partial charge in [-0.15, -0.1) is 0 Å². The highest BCUT2D eigenvalue weighted by molar-refractivity contribution is 7.89. The van der Waals surface area contributed by atoms with Crippen LogP contribution in [0, 0.1) is 0 Å². The number of aromatic nitrogens is 1. The lowest BCUT2D eigenvalue weighted by atomic mass is 10.3. The summed E-state index contributed by atoms with van der Waals surface area (Å²) in [4.78, 5) is 11.2. The first-order chi connectivity index (χ1) is 9.25. The van der Waals surface area contributed by atoms with Crippen LogP contribution in [0.5, 0.6) is 0 Å². The van der Waals surface area contributed by atoms with Crippen LogP contribution in [0.15, 0.2) is 17.2 Å². The first-order valence-electron chi connectivity index (χ1n) is 6.71. The van der Waals surface area contributed by atoms with Gasteiger partial charge in [-0.1, -0.05) is 13.8 Å². The van der Waals surface area contributed by atoms with E-state index < -0.39 is 16.0 Å². The molecule has 0 atom stereocenters. The van der Waals surface area contributed by atoms with Crippen molar-refractivity contribution in [1.82, 2.24) is 8.87 Å². The minimum absolute atomic E-state index is 0.00822. The van der Waals surface area contributed by atoms with Gasteiger partial charge in [0, 0.05) is 25.3 Å². The van der Waals surface area contributed by atoms with Crippen molar-refractivity contribution in [3.63, 3.8) is 0 Å². The van der Waals surface area contributed by atoms with Crippen LogP contribution in [0.4, 0.5) is 0 Å². The summed E-state index contributed by atoms with van der Waals surface area (Å²) >= 11 is 0. The van der Waals surface area contributed by atoms with Crippen molar-refractivity contribution in [3.05, 3.63) is 18.0 Å². The molecule has 114 valence electrons. The maximum atomic E-state index is 12.5. The lowest BCUT2D eigenvalue weighted by molar-refractivity contribution is 0.0683. The standard InChI is InChI=1S/C13H22N2O4S/c1-5-7-14(6-2)20(18,19)11-8-12(13(16)17)15(9-11)10(3)4/h8-10H,5-7H2,1-4H3,(H,16,17). The molecule has 0 unspecified atom stereocenters. The topological polar surface area (TPSA) is 79.6 Å². The quantitative estimate of drug-likeness (QED) is 0.837. The van der Waals surface area contributed by atoms with Gasteiger partial charge in [0.15, 0.2) is 0 Å². The molecule has 0 spiro atoms. The Morgan fingerprint density at radius 3 is 2.35 bits per heavy atom. The Morgan fingerprint density at radius 2 is 2.00 bits per heavy atom. The van der Waals surface area contributed by atoms with Gasteiger partial charge < -0.3 is 9.67 Å². The SMILES string of the molecule is CCCN(CC)S(=O)(=O)c1cc(C(=O)O)n(C(C)C)c1. The minimum Gasteiger partial charge on any atom is -0.477 e. The van der Waals surface area contributed by atoms with Crippen LogP contribution in [0.2, 0.25) is 0 Å². The van der Waals surface area contributed by atoms with Crippen molar-refractivity contribution in [1.29, 1.82) is 0 Å². The normalized spacial score (nSPS) is 12.3. The Balaban J connectivity index is 3.32. The molecule has 0 aliphatic rings. The molecular formula is C13H22N2O4S. The molecule has 1 heterocycles. The summed E-state index contributed by atoms with van der Waals surface area (Å²) in [6.07, 6.45) is 2.12. The molecule has 0 bridgehead atoms. The summed E-state index contributed by atoms with van der Waals surface area (Å²) in [5, 5.41) is 9.16. The summed E-state index contributed by atoms with van der Waals surface area (Å²) < 4.78 is 27.8. The zero-order valence-corrected chi connectivity index (χ0v) is 13.1. The molecule has 1 N–H and O–H groups in total. The minimum atomic E-state index is -3.63. The zero-order valence-electron chi connectivity index (χ0n) is 12.3. The molecule has 1 rings (SSSR count). The van der Waals surface area contributed by atoms with Crippen molar-refractivity contribution in [2.45, 2.75) is 45.1 Å². The van der Waals surface area contributed by atoms with E-state index in [0.717, 1.165) is 0 Å². The van der Waals surface area contributed by atoms with Gasteiger partial charge in [-0.05, 0) is 26.3 Å². The predicted octanol–water partition coefficient (Wildman–Crippen LogP) is 2.19. The molecule has 0 aliphatic heterocycles. The second kappa shape index (κ2) is 6.41. The molecule has 0 saturated carbocycles. The van der Waals surface area contributed by atoms with Crippen molar-refractivity contribution >= 4 is 16.0 Å². The third kappa shape index (κ3) is 3.21. The molecule has 6 nitrogen and oxygen atoms in total. The third-order valence-corrected chi connectivity index (χ3v) is 5.00. The van der Waals surface area contributed by atoms with Crippen LogP contribution in [-0.4, -0.2) is 41.5 Å².